The fourth-order valence-electron chi connectivity index (χ4n) is 3.44. The summed E-state index contributed by atoms with van der Waals surface area (Å²) in [5.74, 6) is 1.22. The Hall–Kier alpha value is -3.50. The standard InChI is InChI=1S/C22H19N5O3S2/c1-3-14-7-9-17(10-8-14)32(28,29)22-21-24-20(23-15-5-4-6-16(13-15)30-2)19-18(11-12-31-19)27(21)26-25-22/h4-13H,3H2,1-2H3,(H,23,24). The molecule has 8 nitrogen and oxygen atoms in total. The fraction of sp³-hybridized carbons (Fsp3) is 0.136. The number of thiophene rings is 1. The van der Waals surface area contributed by atoms with E-state index in [1.165, 1.54) is 15.9 Å². The molecule has 10 heteroatoms. The second kappa shape index (κ2) is 7.88. The molecule has 32 heavy (non-hydrogen) atoms. The Morgan fingerprint density at radius 3 is 2.69 bits per heavy atom. The normalized spacial score (nSPS) is 11.8. The fourth-order valence-corrected chi connectivity index (χ4v) is 5.49. The molecule has 0 spiro atoms. The first-order valence-electron chi connectivity index (χ1n) is 9.89. The summed E-state index contributed by atoms with van der Waals surface area (Å²) in [6.07, 6.45) is 0.826. The zero-order valence-electron chi connectivity index (χ0n) is 17.3. The zero-order chi connectivity index (χ0) is 22.3. The van der Waals surface area contributed by atoms with Crippen molar-refractivity contribution in [3.63, 3.8) is 0 Å². The number of hydrogen-bond acceptors (Lipinski definition) is 8. The number of aryl methyl sites for hydroxylation is 1. The lowest BCUT2D eigenvalue weighted by atomic mass is 10.2. The maximum atomic E-state index is 13.3. The van der Waals surface area contributed by atoms with Crippen LogP contribution >= 0.6 is 11.3 Å². The lowest BCUT2D eigenvalue weighted by Crippen LogP contribution is -2.05. The van der Waals surface area contributed by atoms with E-state index in [2.05, 4.69) is 20.6 Å². The van der Waals surface area contributed by atoms with Crippen molar-refractivity contribution < 1.29 is 13.2 Å². The van der Waals surface area contributed by atoms with Gasteiger partial charge in [0.1, 0.15) is 5.75 Å². The lowest BCUT2D eigenvalue weighted by Gasteiger charge is -2.09. The molecule has 0 saturated carbocycles. The topological polar surface area (TPSA) is 98.5 Å². The number of ether oxygens (including phenoxy) is 1. The summed E-state index contributed by atoms with van der Waals surface area (Å²) in [6, 6.07) is 16.1. The van der Waals surface area contributed by atoms with Gasteiger partial charge in [-0.05, 0) is 47.7 Å². The van der Waals surface area contributed by atoms with Crippen LogP contribution < -0.4 is 10.1 Å². The van der Waals surface area contributed by atoms with Crippen LogP contribution in [0.2, 0.25) is 0 Å². The minimum absolute atomic E-state index is 0.159. The van der Waals surface area contributed by atoms with Crippen LogP contribution in [0.3, 0.4) is 0 Å². The van der Waals surface area contributed by atoms with E-state index in [-0.39, 0.29) is 15.6 Å². The van der Waals surface area contributed by atoms with E-state index in [1.807, 2.05) is 42.6 Å². The molecular formula is C22H19N5O3S2. The van der Waals surface area contributed by atoms with Gasteiger partial charge in [-0.3, -0.25) is 0 Å². The Morgan fingerprint density at radius 1 is 1.12 bits per heavy atom. The lowest BCUT2D eigenvalue weighted by molar-refractivity contribution is 0.415. The Kier molecular flexibility index (Phi) is 5.03. The summed E-state index contributed by atoms with van der Waals surface area (Å²) in [5.41, 5.74) is 2.71. The predicted molar refractivity (Wildman–Crippen MR) is 124 cm³/mol. The third kappa shape index (κ3) is 3.37. The van der Waals surface area contributed by atoms with Gasteiger partial charge in [-0.2, -0.15) is 4.52 Å². The highest BCUT2D eigenvalue weighted by molar-refractivity contribution is 7.91. The number of sulfone groups is 1. The van der Waals surface area contributed by atoms with Crippen LogP contribution in [0.25, 0.3) is 15.9 Å². The molecule has 5 aromatic rings. The molecule has 0 aliphatic heterocycles. The molecule has 0 amide bonds. The highest BCUT2D eigenvalue weighted by Gasteiger charge is 2.27. The van der Waals surface area contributed by atoms with E-state index in [0.717, 1.165) is 27.9 Å². The molecule has 1 N–H and O–H groups in total. The Bertz CT molecular complexity index is 1540. The van der Waals surface area contributed by atoms with Crippen molar-refractivity contribution in [2.24, 2.45) is 0 Å². The average Bonchev–Trinajstić information content (AvgIpc) is 3.47. The molecule has 0 aliphatic carbocycles. The first kappa shape index (κ1) is 20.4. The van der Waals surface area contributed by atoms with Crippen molar-refractivity contribution >= 4 is 48.5 Å². The van der Waals surface area contributed by atoms with Gasteiger partial charge in [0.25, 0.3) is 0 Å². The number of methoxy groups -OCH3 is 1. The Balaban J connectivity index is 1.66. The third-order valence-corrected chi connectivity index (χ3v) is 7.73. The van der Waals surface area contributed by atoms with Crippen LogP contribution in [-0.4, -0.2) is 35.3 Å². The van der Waals surface area contributed by atoms with E-state index in [0.29, 0.717) is 11.6 Å². The van der Waals surface area contributed by atoms with Crippen molar-refractivity contribution in [3.05, 3.63) is 65.5 Å². The molecule has 162 valence electrons. The van der Waals surface area contributed by atoms with E-state index in [4.69, 9.17) is 4.74 Å². The van der Waals surface area contributed by atoms with E-state index in [1.54, 1.807) is 31.4 Å². The second-order valence-corrected chi connectivity index (χ2v) is 9.86. The summed E-state index contributed by atoms with van der Waals surface area (Å²) < 4.78 is 34.3. The van der Waals surface area contributed by atoms with Gasteiger partial charge in [-0.15, -0.1) is 16.4 Å². The maximum Gasteiger partial charge on any atom is 0.229 e. The van der Waals surface area contributed by atoms with Gasteiger partial charge >= 0.3 is 0 Å². The SMILES string of the molecule is CCc1ccc(S(=O)(=O)c2nnn3c2nc(Nc2cccc(OC)c2)c2sccc23)cc1. The summed E-state index contributed by atoms with van der Waals surface area (Å²) >= 11 is 1.48. The number of benzene rings is 2. The van der Waals surface area contributed by atoms with Gasteiger partial charge in [-0.25, -0.2) is 13.4 Å². The highest BCUT2D eigenvalue weighted by Crippen LogP contribution is 2.33. The minimum Gasteiger partial charge on any atom is -0.497 e. The van der Waals surface area contributed by atoms with Crippen molar-refractivity contribution in [2.75, 3.05) is 12.4 Å². The largest absolute Gasteiger partial charge is 0.497 e. The molecule has 5 rings (SSSR count). The molecule has 0 aliphatic rings. The molecule has 0 radical (unpaired) electrons. The molecule has 3 aromatic heterocycles. The van der Waals surface area contributed by atoms with Gasteiger partial charge in [-0.1, -0.05) is 30.3 Å². The molecule has 0 unspecified atom stereocenters. The molecule has 2 aromatic carbocycles. The Morgan fingerprint density at radius 2 is 1.94 bits per heavy atom. The van der Waals surface area contributed by atoms with E-state index in [9.17, 15) is 8.42 Å². The van der Waals surface area contributed by atoms with Crippen LogP contribution in [0.4, 0.5) is 11.5 Å². The molecule has 0 bridgehead atoms. The van der Waals surface area contributed by atoms with Crippen LogP contribution in [0, 0.1) is 0 Å². The van der Waals surface area contributed by atoms with E-state index < -0.39 is 9.84 Å². The number of nitrogens with one attached hydrogen (secondary N) is 1. The van der Waals surface area contributed by atoms with Gasteiger partial charge < -0.3 is 10.1 Å². The van der Waals surface area contributed by atoms with Crippen molar-refractivity contribution in [1.29, 1.82) is 0 Å². The number of hydrogen-bond donors (Lipinski definition) is 1. The van der Waals surface area contributed by atoms with Crippen LogP contribution in [0.1, 0.15) is 12.5 Å². The number of rotatable bonds is 6. The zero-order valence-corrected chi connectivity index (χ0v) is 18.9. The molecular weight excluding hydrogens is 446 g/mol. The predicted octanol–water partition coefficient (Wildman–Crippen LogP) is 4.49. The molecule has 0 fully saturated rings. The summed E-state index contributed by atoms with van der Waals surface area (Å²) in [6.45, 7) is 2.02. The first-order chi connectivity index (χ1) is 15.5. The highest BCUT2D eigenvalue weighted by atomic mass is 32.2. The molecule has 0 atom stereocenters. The minimum atomic E-state index is -3.90. The van der Waals surface area contributed by atoms with Gasteiger partial charge in [0.05, 0.1) is 22.2 Å². The monoisotopic (exact) mass is 465 g/mol. The van der Waals surface area contributed by atoms with Gasteiger partial charge in [0.2, 0.25) is 14.9 Å². The maximum absolute atomic E-state index is 13.3. The van der Waals surface area contributed by atoms with Gasteiger partial charge in [0.15, 0.2) is 11.5 Å². The number of aromatic nitrogens is 4. The van der Waals surface area contributed by atoms with Crippen molar-refractivity contribution in [3.8, 4) is 5.75 Å². The quantitative estimate of drug-likeness (QED) is 0.395. The number of nitrogens with zero attached hydrogens (tertiary/aromatic N) is 4. The molecule has 3 heterocycles. The smallest absolute Gasteiger partial charge is 0.229 e. The average molecular weight is 466 g/mol. The summed E-state index contributed by atoms with van der Waals surface area (Å²) in [5, 5.41) is 13.1. The van der Waals surface area contributed by atoms with Gasteiger partial charge in [0, 0.05) is 11.8 Å². The number of anilines is 2. The third-order valence-electron chi connectivity index (χ3n) is 5.15. The Labute approximate surface area is 188 Å². The van der Waals surface area contributed by atoms with Crippen LogP contribution in [0.15, 0.2) is 69.9 Å². The van der Waals surface area contributed by atoms with Crippen molar-refractivity contribution in [1.82, 2.24) is 19.8 Å². The van der Waals surface area contributed by atoms with E-state index >= 15 is 0 Å². The first-order valence-corrected chi connectivity index (χ1v) is 12.3. The summed E-state index contributed by atoms with van der Waals surface area (Å²) in [7, 11) is -2.30. The van der Waals surface area contributed by atoms with Crippen LogP contribution in [-0.2, 0) is 16.3 Å². The second-order valence-electron chi connectivity index (χ2n) is 7.08. The van der Waals surface area contributed by atoms with Crippen LogP contribution in [0.5, 0.6) is 5.75 Å². The summed E-state index contributed by atoms with van der Waals surface area (Å²) in [4.78, 5) is 4.79. The number of fused-ring (bicyclic) bond motifs is 3. The van der Waals surface area contributed by atoms with Crippen molar-refractivity contribution in [2.45, 2.75) is 23.3 Å². The molecule has 0 saturated heterocycles.